The van der Waals surface area contributed by atoms with Crippen LogP contribution in [0.4, 0.5) is 5.69 Å². The second kappa shape index (κ2) is 7.91. The Morgan fingerprint density at radius 3 is 2.56 bits per heavy atom. The van der Waals surface area contributed by atoms with Crippen molar-refractivity contribution >= 4 is 17.8 Å². The van der Waals surface area contributed by atoms with Crippen molar-refractivity contribution in [2.24, 2.45) is 5.10 Å². The molecule has 2 N–H and O–H groups in total. The molecule has 0 aliphatic carbocycles. The van der Waals surface area contributed by atoms with Gasteiger partial charge >= 0.3 is 0 Å². The molecule has 8 heteroatoms. The quantitative estimate of drug-likeness (QED) is 0.475. The Morgan fingerprint density at radius 1 is 1.28 bits per heavy atom. The number of nitrogens with zero attached hydrogens (tertiary/aromatic N) is 2. The third-order valence-electron chi connectivity index (χ3n) is 3.08. The SMILES string of the molecule is CC(C)Oc1ccc(C(=O)N/N=C/c2cc([N+](=O)[O-])ccc2O)cc1. The standard InChI is InChI=1S/C17H17N3O5/c1-11(2)25-15-6-3-12(4-7-15)17(22)19-18-10-13-9-14(20(23)24)5-8-16(13)21/h3-11,21H,1-2H3,(H,19,22)/b18-10+. The lowest BCUT2D eigenvalue weighted by Crippen LogP contribution is -2.17. The highest BCUT2D eigenvalue weighted by atomic mass is 16.6. The predicted molar refractivity (Wildman–Crippen MR) is 92.0 cm³/mol. The van der Waals surface area contributed by atoms with Gasteiger partial charge in [-0.3, -0.25) is 14.9 Å². The minimum Gasteiger partial charge on any atom is -0.507 e. The van der Waals surface area contributed by atoms with Crippen molar-refractivity contribution in [3.8, 4) is 11.5 Å². The number of aromatic hydroxyl groups is 1. The fourth-order valence-electron chi connectivity index (χ4n) is 1.94. The minimum absolute atomic E-state index is 0.0342. The molecule has 25 heavy (non-hydrogen) atoms. The number of carbonyl (C=O) groups excluding carboxylic acids is 1. The van der Waals surface area contributed by atoms with Gasteiger partial charge in [0.2, 0.25) is 0 Å². The van der Waals surface area contributed by atoms with Crippen molar-refractivity contribution in [1.29, 1.82) is 0 Å². The molecule has 0 radical (unpaired) electrons. The van der Waals surface area contributed by atoms with Crippen LogP contribution in [0.15, 0.2) is 47.6 Å². The van der Waals surface area contributed by atoms with Crippen molar-refractivity contribution in [1.82, 2.24) is 5.43 Å². The topological polar surface area (TPSA) is 114 Å². The van der Waals surface area contributed by atoms with E-state index in [2.05, 4.69) is 10.5 Å². The molecule has 2 aromatic rings. The number of non-ortho nitro benzene ring substituents is 1. The number of hydrogen-bond acceptors (Lipinski definition) is 6. The first-order chi connectivity index (χ1) is 11.9. The number of phenolic OH excluding ortho intramolecular Hbond substituents is 1. The molecule has 0 bridgehead atoms. The monoisotopic (exact) mass is 343 g/mol. The summed E-state index contributed by atoms with van der Waals surface area (Å²) >= 11 is 0. The Bertz CT molecular complexity index is 800. The van der Waals surface area contributed by atoms with E-state index >= 15 is 0 Å². The number of ether oxygens (including phenoxy) is 1. The maximum Gasteiger partial charge on any atom is 0.271 e. The molecule has 0 fully saturated rings. The van der Waals surface area contributed by atoms with Crippen LogP contribution in [0.25, 0.3) is 0 Å². The number of nitrogens with one attached hydrogen (secondary N) is 1. The molecule has 0 aliphatic heterocycles. The van der Waals surface area contributed by atoms with Gasteiger partial charge in [0.15, 0.2) is 0 Å². The first-order valence-electron chi connectivity index (χ1n) is 7.44. The van der Waals surface area contributed by atoms with Crippen LogP contribution in [0.2, 0.25) is 0 Å². The molecule has 0 saturated carbocycles. The number of amides is 1. The molecular formula is C17H17N3O5. The Morgan fingerprint density at radius 2 is 1.96 bits per heavy atom. The van der Waals surface area contributed by atoms with Crippen LogP contribution >= 0.6 is 0 Å². The van der Waals surface area contributed by atoms with Gasteiger partial charge in [0, 0.05) is 23.3 Å². The largest absolute Gasteiger partial charge is 0.507 e. The zero-order chi connectivity index (χ0) is 18.4. The van der Waals surface area contributed by atoms with Crippen LogP contribution < -0.4 is 10.2 Å². The number of hydrogen-bond donors (Lipinski definition) is 2. The molecule has 0 aliphatic rings. The zero-order valence-electron chi connectivity index (χ0n) is 13.7. The van der Waals surface area contributed by atoms with E-state index in [4.69, 9.17) is 4.74 Å². The number of carbonyl (C=O) groups is 1. The van der Waals surface area contributed by atoms with E-state index in [0.29, 0.717) is 11.3 Å². The molecule has 0 heterocycles. The van der Waals surface area contributed by atoms with Crippen LogP contribution in [0, 0.1) is 10.1 Å². The number of benzene rings is 2. The van der Waals surface area contributed by atoms with Crippen molar-refractivity contribution < 1.29 is 19.6 Å². The van der Waals surface area contributed by atoms with Crippen molar-refractivity contribution in [3.63, 3.8) is 0 Å². The molecule has 2 aromatic carbocycles. The van der Waals surface area contributed by atoms with Gasteiger partial charge in [-0.1, -0.05) is 0 Å². The van der Waals surface area contributed by atoms with Crippen LogP contribution in [-0.4, -0.2) is 28.3 Å². The van der Waals surface area contributed by atoms with E-state index in [1.54, 1.807) is 24.3 Å². The van der Waals surface area contributed by atoms with Gasteiger partial charge in [-0.05, 0) is 44.2 Å². The molecule has 2 rings (SSSR count). The van der Waals surface area contributed by atoms with Crippen molar-refractivity contribution in [2.45, 2.75) is 20.0 Å². The van der Waals surface area contributed by atoms with Crippen molar-refractivity contribution in [3.05, 3.63) is 63.7 Å². The molecule has 0 spiro atoms. The van der Waals surface area contributed by atoms with Gasteiger partial charge in [0.05, 0.1) is 17.2 Å². The molecule has 1 amide bonds. The lowest BCUT2D eigenvalue weighted by molar-refractivity contribution is -0.384. The summed E-state index contributed by atoms with van der Waals surface area (Å²) in [5, 5.41) is 24.1. The molecule has 0 aromatic heterocycles. The van der Waals surface area contributed by atoms with Crippen LogP contribution in [0.5, 0.6) is 11.5 Å². The smallest absolute Gasteiger partial charge is 0.271 e. The normalized spacial score (nSPS) is 10.8. The lowest BCUT2D eigenvalue weighted by atomic mass is 10.2. The average Bonchev–Trinajstić information content (AvgIpc) is 2.56. The molecule has 0 atom stereocenters. The Hall–Kier alpha value is -3.42. The fraction of sp³-hybridized carbons (Fsp3) is 0.176. The molecule has 8 nitrogen and oxygen atoms in total. The van der Waals surface area contributed by atoms with Crippen LogP contribution in [0.3, 0.4) is 0 Å². The van der Waals surface area contributed by atoms with E-state index in [1.165, 1.54) is 12.1 Å². The first kappa shape index (κ1) is 17.9. The molecule has 0 unspecified atom stereocenters. The van der Waals surface area contributed by atoms with Gasteiger partial charge in [0.1, 0.15) is 11.5 Å². The van der Waals surface area contributed by atoms with Gasteiger partial charge in [-0.25, -0.2) is 5.43 Å². The highest BCUT2D eigenvalue weighted by Crippen LogP contribution is 2.21. The third-order valence-corrected chi connectivity index (χ3v) is 3.08. The number of nitro benzene ring substituents is 1. The van der Waals surface area contributed by atoms with Crippen LogP contribution in [-0.2, 0) is 0 Å². The molecule has 130 valence electrons. The first-order valence-corrected chi connectivity index (χ1v) is 7.44. The van der Waals surface area contributed by atoms with E-state index in [-0.39, 0.29) is 23.1 Å². The molecule has 0 saturated heterocycles. The van der Waals surface area contributed by atoms with E-state index in [1.807, 2.05) is 13.8 Å². The highest BCUT2D eigenvalue weighted by Gasteiger charge is 2.09. The summed E-state index contributed by atoms with van der Waals surface area (Å²) in [4.78, 5) is 22.1. The maximum atomic E-state index is 12.0. The van der Waals surface area contributed by atoms with Gasteiger partial charge in [-0.2, -0.15) is 5.10 Å². The lowest BCUT2D eigenvalue weighted by Gasteiger charge is -2.09. The summed E-state index contributed by atoms with van der Waals surface area (Å²) in [5.74, 6) is 0.00706. The molecular weight excluding hydrogens is 326 g/mol. The van der Waals surface area contributed by atoms with Gasteiger partial charge in [0.25, 0.3) is 11.6 Å². The van der Waals surface area contributed by atoms with E-state index in [0.717, 1.165) is 12.3 Å². The highest BCUT2D eigenvalue weighted by molar-refractivity contribution is 5.95. The number of rotatable bonds is 6. The zero-order valence-corrected chi connectivity index (χ0v) is 13.7. The maximum absolute atomic E-state index is 12.0. The van der Waals surface area contributed by atoms with E-state index < -0.39 is 10.8 Å². The van der Waals surface area contributed by atoms with E-state index in [9.17, 15) is 20.0 Å². The summed E-state index contributed by atoms with van der Waals surface area (Å²) < 4.78 is 5.49. The summed E-state index contributed by atoms with van der Waals surface area (Å²) in [5.41, 5.74) is 2.60. The summed E-state index contributed by atoms with van der Waals surface area (Å²) in [6, 6.07) is 10.0. The van der Waals surface area contributed by atoms with Gasteiger partial charge < -0.3 is 9.84 Å². The van der Waals surface area contributed by atoms with Crippen molar-refractivity contribution in [2.75, 3.05) is 0 Å². The second-order valence-electron chi connectivity index (χ2n) is 5.39. The fourth-order valence-corrected chi connectivity index (χ4v) is 1.94. The summed E-state index contributed by atoms with van der Waals surface area (Å²) in [6.45, 7) is 3.80. The predicted octanol–water partition coefficient (Wildman–Crippen LogP) is 2.85. The summed E-state index contributed by atoms with van der Waals surface area (Å²) in [6.07, 6.45) is 1.17. The third kappa shape index (κ3) is 5.03. The average molecular weight is 343 g/mol. The van der Waals surface area contributed by atoms with Gasteiger partial charge in [-0.15, -0.1) is 0 Å². The Labute approximate surface area is 143 Å². The number of hydrazone groups is 1. The second-order valence-corrected chi connectivity index (χ2v) is 5.39. The number of phenols is 1. The Kier molecular flexibility index (Phi) is 5.67. The number of nitro groups is 1. The summed E-state index contributed by atoms with van der Waals surface area (Å²) in [7, 11) is 0. The minimum atomic E-state index is -0.587. The Balaban J connectivity index is 2.03. The van der Waals surface area contributed by atoms with Crippen LogP contribution in [0.1, 0.15) is 29.8 Å².